The summed E-state index contributed by atoms with van der Waals surface area (Å²) in [6.45, 7) is 0.980. The third-order valence-corrected chi connectivity index (χ3v) is 4.57. The van der Waals surface area contributed by atoms with E-state index in [1.54, 1.807) is 19.4 Å². The van der Waals surface area contributed by atoms with Crippen molar-refractivity contribution in [1.29, 1.82) is 0 Å². The average Bonchev–Trinajstić information content (AvgIpc) is 3.38. The van der Waals surface area contributed by atoms with Crippen molar-refractivity contribution in [2.24, 2.45) is 0 Å². The second-order valence-electron chi connectivity index (χ2n) is 6.28. The number of carbonyl (C=O) groups is 2. The third-order valence-electron chi connectivity index (χ3n) is 4.57. The number of nitrogens with zero attached hydrogens (tertiary/aromatic N) is 4. The Labute approximate surface area is 155 Å². The van der Waals surface area contributed by atoms with Crippen LogP contribution in [0.2, 0.25) is 0 Å². The maximum absolute atomic E-state index is 13.1. The summed E-state index contributed by atoms with van der Waals surface area (Å²) < 4.78 is 5.42. The van der Waals surface area contributed by atoms with Crippen molar-refractivity contribution in [2.75, 3.05) is 20.2 Å². The maximum atomic E-state index is 13.1. The molecule has 0 unspecified atom stereocenters. The highest BCUT2D eigenvalue weighted by Gasteiger charge is 2.32. The van der Waals surface area contributed by atoms with Gasteiger partial charge in [0.05, 0.1) is 25.4 Å². The van der Waals surface area contributed by atoms with E-state index >= 15 is 0 Å². The Kier molecular flexibility index (Phi) is 4.45. The van der Waals surface area contributed by atoms with Crippen LogP contribution in [-0.4, -0.2) is 57.0 Å². The fourth-order valence-electron chi connectivity index (χ4n) is 3.27. The summed E-state index contributed by atoms with van der Waals surface area (Å²) in [5, 5.41) is 3.80. The summed E-state index contributed by atoms with van der Waals surface area (Å²) in [4.78, 5) is 37.0. The number of nitrogens with one attached hydrogen (secondary N) is 1. The van der Waals surface area contributed by atoms with Crippen molar-refractivity contribution in [2.45, 2.75) is 12.8 Å². The number of para-hydroxylation sites is 1. The van der Waals surface area contributed by atoms with Crippen molar-refractivity contribution in [1.82, 2.24) is 25.0 Å². The number of fused-ring (bicyclic) bond motifs is 1. The van der Waals surface area contributed by atoms with Gasteiger partial charge in [0.15, 0.2) is 0 Å². The Bertz CT molecular complexity index is 986. The summed E-state index contributed by atoms with van der Waals surface area (Å²) >= 11 is 0. The number of methoxy groups -OCH3 is 1. The van der Waals surface area contributed by atoms with Crippen molar-refractivity contribution in [3.8, 4) is 5.75 Å². The number of pyridine rings is 1. The number of imidazole rings is 1. The van der Waals surface area contributed by atoms with Gasteiger partial charge in [0.25, 0.3) is 5.91 Å². The van der Waals surface area contributed by atoms with Gasteiger partial charge in [0.2, 0.25) is 5.91 Å². The maximum Gasteiger partial charge on any atom is 0.291 e. The second kappa shape index (κ2) is 7.06. The molecule has 0 saturated carbocycles. The minimum Gasteiger partial charge on any atom is -0.496 e. The molecule has 2 aromatic heterocycles. The molecule has 8 nitrogen and oxygen atoms in total. The number of hydrazine groups is 1. The quantitative estimate of drug-likeness (QED) is 0.761. The van der Waals surface area contributed by atoms with E-state index in [0.717, 1.165) is 11.8 Å². The first kappa shape index (κ1) is 17.0. The van der Waals surface area contributed by atoms with E-state index in [2.05, 4.69) is 15.0 Å². The zero-order valence-corrected chi connectivity index (χ0v) is 14.9. The van der Waals surface area contributed by atoms with Gasteiger partial charge in [-0.15, -0.1) is 0 Å². The summed E-state index contributed by atoms with van der Waals surface area (Å²) in [6.07, 6.45) is 4.03. The van der Waals surface area contributed by atoms with E-state index in [4.69, 9.17) is 4.74 Å². The van der Waals surface area contributed by atoms with Crippen molar-refractivity contribution in [3.63, 3.8) is 0 Å². The zero-order chi connectivity index (χ0) is 18.8. The number of aromatic amines is 1. The van der Waals surface area contributed by atoms with Crippen LogP contribution in [0.25, 0.3) is 10.9 Å². The lowest BCUT2D eigenvalue weighted by atomic mass is 10.1. The summed E-state index contributed by atoms with van der Waals surface area (Å²) in [6, 6.07) is 9.11. The van der Waals surface area contributed by atoms with Crippen molar-refractivity contribution < 1.29 is 14.3 Å². The molecule has 1 aliphatic rings. The van der Waals surface area contributed by atoms with Gasteiger partial charge in [0.1, 0.15) is 11.4 Å². The molecule has 1 aliphatic heterocycles. The molecule has 0 bridgehead atoms. The van der Waals surface area contributed by atoms with E-state index in [0.29, 0.717) is 30.0 Å². The van der Waals surface area contributed by atoms with Crippen LogP contribution < -0.4 is 4.74 Å². The number of ether oxygens (including phenoxy) is 1. The summed E-state index contributed by atoms with van der Waals surface area (Å²) in [5.74, 6) is 0.117. The molecule has 2 amide bonds. The first-order valence-corrected chi connectivity index (χ1v) is 8.70. The predicted molar refractivity (Wildman–Crippen MR) is 98.0 cm³/mol. The van der Waals surface area contributed by atoms with Gasteiger partial charge in [0, 0.05) is 36.4 Å². The molecule has 3 heterocycles. The number of H-pyrrole nitrogens is 1. The lowest BCUT2D eigenvalue weighted by Gasteiger charge is -2.27. The lowest BCUT2D eigenvalue weighted by molar-refractivity contribution is -0.139. The Hall–Kier alpha value is -3.42. The molecule has 27 heavy (non-hydrogen) atoms. The highest BCUT2D eigenvalue weighted by molar-refractivity contribution is 5.98. The van der Waals surface area contributed by atoms with Crippen LogP contribution in [0, 0.1) is 0 Å². The number of amides is 2. The zero-order valence-electron chi connectivity index (χ0n) is 14.9. The fourth-order valence-corrected chi connectivity index (χ4v) is 3.27. The molecular formula is C19H19N5O3. The molecule has 4 rings (SSSR count). The van der Waals surface area contributed by atoms with Crippen LogP contribution in [0.3, 0.4) is 0 Å². The third kappa shape index (κ3) is 3.21. The molecule has 1 saturated heterocycles. The van der Waals surface area contributed by atoms with Crippen LogP contribution in [0.5, 0.6) is 5.75 Å². The summed E-state index contributed by atoms with van der Waals surface area (Å²) in [7, 11) is 1.56. The first-order valence-electron chi connectivity index (χ1n) is 8.70. The lowest BCUT2D eigenvalue weighted by Crippen LogP contribution is -2.45. The summed E-state index contributed by atoms with van der Waals surface area (Å²) in [5.41, 5.74) is 1.64. The molecule has 3 aromatic rings. The number of hydrogen-bond acceptors (Lipinski definition) is 5. The van der Waals surface area contributed by atoms with E-state index in [1.807, 2.05) is 24.3 Å². The number of benzene rings is 1. The van der Waals surface area contributed by atoms with E-state index in [-0.39, 0.29) is 23.9 Å². The van der Waals surface area contributed by atoms with Crippen molar-refractivity contribution >= 4 is 22.7 Å². The van der Waals surface area contributed by atoms with Crippen LogP contribution >= 0.6 is 0 Å². The topological polar surface area (TPSA) is 91.4 Å². The molecule has 8 heteroatoms. The van der Waals surface area contributed by atoms with Gasteiger partial charge in [-0.1, -0.05) is 12.1 Å². The minimum atomic E-state index is -0.311. The molecule has 0 radical (unpaired) electrons. The van der Waals surface area contributed by atoms with Gasteiger partial charge in [-0.2, -0.15) is 0 Å². The molecule has 0 atom stereocenters. The SMILES string of the molecule is COc1cc(C(=O)N2CCCN2C(=O)Cc2cnc[nH]2)nc2ccccc12. The van der Waals surface area contributed by atoms with Gasteiger partial charge in [-0.25, -0.2) is 15.0 Å². The fraction of sp³-hybridized carbons (Fsp3) is 0.263. The van der Waals surface area contributed by atoms with E-state index in [1.165, 1.54) is 16.3 Å². The molecule has 1 fully saturated rings. The molecule has 1 aromatic carbocycles. The Morgan fingerprint density at radius 2 is 2.04 bits per heavy atom. The van der Waals surface area contributed by atoms with Crippen LogP contribution in [-0.2, 0) is 11.2 Å². The highest BCUT2D eigenvalue weighted by Crippen LogP contribution is 2.26. The van der Waals surface area contributed by atoms with Crippen LogP contribution in [0.15, 0.2) is 42.9 Å². The van der Waals surface area contributed by atoms with Crippen LogP contribution in [0.1, 0.15) is 22.6 Å². The predicted octanol–water partition coefficient (Wildman–Crippen LogP) is 1.80. The molecule has 0 spiro atoms. The average molecular weight is 365 g/mol. The minimum absolute atomic E-state index is 0.155. The standard InChI is InChI=1S/C19H19N5O3/c1-27-17-10-16(22-15-6-3-2-5-14(15)17)19(26)24-8-4-7-23(24)18(25)9-13-11-20-12-21-13/h2-3,5-6,10-12H,4,7-9H2,1H3,(H,20,21). The monoisotopic (exact) mass is 365 g/mol. The largest absolute Gasteiger partial charge is 0.496 e. The van der Waals surface area contributed by atoms with E-state index < -0.39 is 0 Å². The van der Waals surface area contributed by atoms with Gasteiger partial charge in [-0.05, 0) is 18.6 Å². The number of hydrogen-bond donors (Lipinski definition) is 1. The van der Waals surface area contributed by atoms with Crippen LogP contribution in [0.4, 0.5) is 0 Å². The van der Waals surface area contributed by atoms with E-state index in [9.17, 15) is 9.59 Å². The normalized spacial score (nSPS) is 14.0. The van der Waals surface area contributed by atoms with Crippen molar-refractivity contribution in [3.05, 3.63) is 54.2 Å². The smallest absolute Gasteiger partial charge is 0.291 e. The first-order chi connectivity index (χ1) is 13.2. The van der Waals surface area contributed by atoms with Gasteiger partial charge >= 0.3 is 0 Å². The number of rotatable bonds is 4. The molecule has 138 valence electrons. The van der Waals surface area contributed by atoms with Gasteiger partial charge < -0.3 is 9.72 Å². The Morgan fingerprint density at radius 3 is 2.81 bits per heavy atom. The van der Waals surface area contributed by atoms with Gasteiger partial charge in [-0.3, -0.25) is 14.6 Å². The second-order valence-corrected chi connectivity index (χ2v) is 6.28. The Morgan fingerprint density at radius 1 is 1.22 bits per heavy atom. The molecule has 0 aliphatic carbocycles. The highest BCUT2D eigenvalue weighted by atomic mass is 16.5. The number of aromatic nitrogens is 3. The number of carbonyl (C=O) groups excluding carboxylic acids is 2. The molecular weight excluding hydrogens is 346 g/mol. The molecule has 1 N–H and O–H groups in total. The Balaban J connectivity index is 1.61.